The Kier molecular flexibility index (Phi) is 6.71. The van der Waals surface area contributed by atoms with Gasteiger partial charge in [0.05, 0.1) is 30.7 Å². The molecule has 0 bridgehead atoms. The fourth-order valence-corrected chi connectivity index (χ4v) is 3.80. The molecule has 1 atom stereocenters. The van der Waals surface area contributed by atoms with Crippen molar-refractivity contribution < 1.29 is 19.1 Å². The van der Waals surface area contributed by atoms with E-state index in [1.807, 2.05) is 23.1 Å². The van der Waals surface area contributed by atoms with Crippen LogP contribution in [0.3, 0.4) is 0 Å². The molecule has 1 unspecified atom stereocenters. The number of aromatic nitrogens is 2. The zero-order chi connectivity index (χ0) is 22.1. The van der Waals surface area contributed by atoms with Crippen molar-refractivity contribution in [1.82, 2.24) is 14.9 Å². The minimum atomic E-state index is -0.831. The van der Waals surface area contributed by atoms with Crippen molar-refractivity contribution in [2.45, 2.75) is 38.3 Å². The third-order valence-electron chi connectivity index (χ3n) is 4.62. The van der Waals surface area contributed by atoms with Crippen LogP contribution in [0.1, 0.15) is 26.5 Å². The molecular weight excluding hydrogens is 476 g/mol. The minimum Gasteiger partial charge on any atom is -0.467 e. The highest BCUT2D eigenvalue weighted by atomic mass is 79.9. The average Bonchev–Trinajstić information content (AvgIpc) is 2.70. The van der Waals surface area contributed by atoms with Gasteiger partial charge in [-0.25, -0.2) is 19.6 Å². The summed E-state index contributed by atoms with van der Waals surface area (Å²) in [5, 5.41) is 0.861. The molecule has 1 fully saturated rings. The van der Waals surface area contributed by atoms with Gasteiger partial charge in [0.15, 0.2) is 6.04 Å². The number of carbonyl (C=O) groups is 2. The van der Waals surface area contributed by atoms with Crippen molar-refractivity contribution in [2.24, 2.45) is 0 Å². The predicted octanol–water partition coefficient (Wildman–Crippen LogP) is 3.73. The maximum atomic E-state index is 12.6. The van der Waals surface area contributed by atoms with E-state index in [0.717, 1.165) is 15.4 Å². The molecule has 0 saturated carbocycles. The number of anilines is 1. The molecule has 2 aromatic rings. The zero-order valence-corrected chi connectivity index (χ0v) is 19.7. The van der Waals surface area contributed by atoms with Gasteiger partial charge in [0.25, 0.3) is 0 Å². The number of benzene rings is 1. The second kappa shape index (κ2) is 8.93. The smallest absolute Gasteiger partial charge is 0.411 e. The van der Waals surface area contributed by atoms with E-state index in [1.54, 1.807) is 20.8 Å². The monoisotopic (exact) mass is 498 g/mol. The Bertz CT molecular complexity index is 966. The van der Waals surface area contributed by atoms with E-state index in [1.165, 1.54) is 12.0 Å². The highest BCUT2D eigenvalue weighted by Crippen LogP contribution is 2.26. The van der Waals surface area contributed by atoms with Gasteiger partial charge in [0.2, 0.25) is 5.95 Å². The molecular formula is C20H24BrClN4O4. The first kappa shape index (κ1) is 22.6. The summed E-state index contributed by atoms with van der Waals surface area (Å²) in [6, 6.07) is 4.88. The first-order chi connectivity index (χ1) is 14.1. The summed E-state index contributed by atoms with van der Waals surface area (Å²) in [5.41, 5.74) is 0.782. The normalized spacial score (nSPS) is 17.2. The van der Waals surface area contributed by atoms with Crippen molar-refractivity contribution >= 4 is 56.4 Å². The van der Waals surface area contributed by atoms with Gasteiger partial charge in [-0.3, -0.25) is 4.90 Å². The fraction of sp³-hybridized carbons (Fsp3) is 0.500. The largest absolute Gasteiger partial charge is 0.467 e. The lowest BCUT2D eigenvalue weighted by Gasteiger charge is -2.40. The molecule has 8 nitrogen and oxygen atoms in total. The molecule has 1 aliphatic rings. The van der Waals surface area contributed by atoms with Crippen LogP contribution in [0.15, 0.2) is 22.7 Å². The lowest BCUT2D eigenvalue weighted by Crippen LogP contribution is -2.59. The van der Waals surface area contributed by atoms with Gasteiger partial charge < -0.3 is 14.4 Å². The quantitative estimate of drug-likeness (QED) is 0.470. The summed E-state index contributed by atoms with van der Waals surface area (Å²) < 4.78 is 11.3. The van der Waals surface area contributed by atoms with Crippen LogP contribution in [0.4, 0.5) is 10.7 Å². The van der Waals surface area contributed by atoms with Crippen molar-refractivity contribution in [3.63, 3.8) is 0 Å². The summed E-state index contributed by atoms with van der Waals surface area (Å²) in [6.45, 7) is 6.24. The van der Waals surface area contributed by atoms with E-state index >= 15 is 0 Å². The number of methoxy groups -OCH3 is 1. The number of fused-ring (bicyclic) bond motifs is 1. The maximum absolute atomic E-state index is 12.6. The number of esters is 1. The average molecular weight is 500 g/mol. The van der Waals surface area contributed by atoms with Gasteiger partial charge in [-0.05, 0) is 39.0 Å². The minimum absolute atomic E-state index is 0.190. The highest BCUT2D eigenvalue weighted by molar-refractivity contribution is 9.10. The van der Waals surface area contributed by atoms with Crippen LogP contribution in [-0.2, 0) is 20.1 Å². The SMILES string of the molecule is COC(=O)C1CN(c2nc(CCl)c3cc(Br)ccc3n2)CCN1C(=O)OC(C)(C)C. The van der Waals surface area contributed by atoms with Gasteiger partial charge in [-0.2, -0.15) is 0 Å². The molecule has 162 valence electrons. The zero-order valence-electron chi connectivity index (χ0n) is 17.3. The lowest BCUT2D eigenvalue weighted by molar-refractivity contribution is -0.147. The molecule has 1 aliphatic heterocycles. The number of hydrogen-bond acceptors (Lipinski definition) is 7. The first-order valence-corrected chi connectivity index (χ1v) is 10.8. The van der Waals surface area contributed by atoms with Gasteiger partial charge >= 0.3 is 12.1 Å². The van der Waals surface area contributed by atoms with E-state index in [2.05, 4.69) is 25.9 Å². The van der Waals surface area contributed by atoms with Crippen molar-refractivity contribution in [2.75, 3.05) is 31.6 Å². The Labute approximate surface area is 188 Å². The Morgan fingerprint density at radius 1 is 1.27 bits per heavy atom. The number of nitrogens with zero attached hydrogens (tertiary/aromatic N) is 4. The summed E-state index contributed by atoms with van der Waals surface area (Å²) in [4.78, 5) is 37.6. The molecule has 3 rings (SSSR count). The van der Waals surface area contributed by atoms with Crippen molar-refractivity contribution in [3.05, 3.63) is 28.4 Å². The molecule has 1 saturated heterocycles. The summed E-state index contributed by atoms with van der Waals surface area (Å²) in [7, 11) is 1.30. The van der Waals surface area contributed by atoms with Gasteiger partial charge in [0, 0.05) is 22.9 Å². The van der Waals surface area contributed by atoms with E-state index in [-0.39, 0.29) is 19.0 Å². The number of rotatable bonds is 3. The number of piperazine rings is 1. The van der Waals surface area contributed by atoms with Gasteiger partial charge in [-0.15, -0.1) is 11.6 Å². The predicted molar refractivity (Wildman–Crippen MR) is 118 cm³/mol. The number of hydrogen-bond donors (Lipinski definition) is 0. The third-order valence-corrected chi connectivity index (χ3v) is 5.36. The highest BCUT2D eigenvalue weighted by Gasteiger charge is 2.39. The van der Waals surface area contributed by atoms with E-state index in [9.17, 15) is 9.59 Å². The van der Waals surface area contributed by atoms with Crippen LogP contribution in [0.25, 0.3) is 10.9 Å². The van der Waals surface area contributed by atoms with Crippen LogP contribution < -0.4 is 4.90 Å². The molecule has 30 heavy (non-hydrogen) atoms. The van der Waals surface area contributed by atoms with Crippen LogP contribution in [0, 0.1) is 0 Å². The third kappa shape index (κ3) is 4.95. The van der Waals surface area contributed by atoms with Crippen molar-refractivity contribution in [1.29, 1.82) is 0 Å². The Balaban J connectivity index is 1.91. The van der Waals surface area contributed by atoms with E-state index < -0.39 is 23.7 Å². The van der Waals surface area contributed by atoms with E-state index in [4.69, 9.17) is 21.1 Å². The van der Waals surface area contributed by atoms with Gasteiger partial charge in [-0.1, -0.05) is 15.9 Å². The lowest BCUT2D eigenvalue weighted by atomic mass is 10.1. The van der Waals surface area contributed by atoms with E-state index in [0.29, 0.717) is 18.2 Å². The number of alkyl halides is 1. The van der Waals surface area contributed by atoms with Crippen LogP contribution >= 0.6 is 27.5 Å². The van der Waals surface area contributed by atoms with Crippen molar-refractivity contribution in [3.8, 4) is 0 Å². The number of amides is 1. The molecule has 1 aromatic heterocycles. The summed E-state index contributed by atoms with van der Waals surface area (Å²) in [5.74, 6) is 0.159. The van der Waals surface area contributed by atoms with Crippen LogP contribution in [-0.4, -0.2) is 65.3 Å². The second-order valence-corrected chi connectivity index (χ2v) is 9.11. The molecule has 0 spiro atoms. The molecule has 1 aromatic carbocycles. The molecule has 0 radical (unpaired) electrons. The molecule has 10 heteroatoms. The standard InChI is InChI=1S/C20H24BrClN4O4/c1-20(2,3)30-19(28)26-8-7-25(11-16(26)17(27)29-4)18-23-14-6-5-12(21)9-13(14)15(10-22)24-18/h5-6,9,16H,7-8,10-11H2,1-4H3. The molecule has 2 heterocycles. The summed E-state index contributed by atoms with van der Waals surface area (Å²) >= 11 is 9.58. The second-order valence-electron chi connectivity index (χ2n) is 7.92. The Morgan fingerprint density at radius 2 is 2.00 bits per heavy atom. The van der Waals surface area contributed by atoms with Gasteiger partial charge in [0.1, 0.15) is 5.60 Å². The first-order valence-electron chi connectivity index (χ1n) is 9.47. The number of halogens is 2. The molecule has 1 amide bonds. The molecule has 0 aliphatic carbocycles. The Hall–Kier alpha value is -2.13. The van der Waals surface area contributed by atoms with Crippen LogP contribution in [0.2, 0.25) is 0 Å². The summed E-state index contributed by atoms with van der Waals surface area (Å²) in [6.07, 6.45) is -0.553. The number of carbonyl (C=O) groups excluding carboxylic acids is 2. The maximum Gasteiger partial charge on any atom is 0.411 e. The number of ether oxygens (including phenoxy) is 2. The fourth-order valence-electron chi connectivity index (χ4n) is 3.24. The topological polar surface area (TPSA) is 84.9 Å². The van der Waals surface area contributed by atoms with Crippen LogP contribution in [0.5, 0.6) is 0 Å². The molecule has 0 N–H and O–H groups in total. The Morgan fingerprint density at radius 3 is 2.63 bits per heavy atom.